The van der Waals surface area contributed by atoms with Gasteiger partial charge in [-0.2, -0.15) is 0 Å². The normalized spacial score (nSPS) is 22.5. The molecule has 1 atom stereocenters. The highest BCUT2D eigenvalue weighted by atomic mass is 79.9. The van der Waals surface area contributed by atoms with Crippen LogP contribution in [0.2, 0.25) is 0 Å². The zero-order chi connectivity index (χ0) is 14.8. The second kappa shape index (κ2) is 7.77. The summed E-state index contributed by atoms with van der Waals surface area (Å²) >= 11 is 3.46. The summed E-state index contributed by atoms with van der Waals surface area (Å²) in [6.45, 7) is 7.87. The summed E-state index contributed by atoms with van der Waals surface area (Å²) in [5, 5.41) is 3.42. The molecule has 6 heteroatoms. The van der Waals surface area contributed by atoms with E-state index in [2.05, 4.69) is 26.1 Å². The minimum Gasteiger partial charge on any atom is -0.336 e. The summed E-state index contributed by atoms with van der Waals surface area (Å²) < 4.78 is 0.965. The van der Waals surface area contributed by atoms with Gasteiger partial charge in [0.15, 0.2) is 0 Å². The van der Waals surface area contributed by atoms with E-state index in [-0.39, 0.29) is 18.3 Å². The van der Waals surface area contributed by atoms with Crippen molar-refractivity contribution in [2.45, 2.75) is 19.4 Å². The number of halogens is 2. The lowest BCUT2D eigenvalue weighted by atomic mass is 10.1. The number of nitrogens with one attached hydrogen (secondary N) is 1. The number of hydrogen-bond acceptors (Lipinski definition) is 3. The molecule has 2 fully saturated rings. The number of rotatable bonds is 2. The fourth-order valence-corrected chi connectivity index (χ4v) is 3.60. The van der Waals surface area contributed by atoms with Crippen LogP contribution in [0.5, 0.6) is 0 Å². The Hall–Kier alpha value is -0.620. The molecule has 0 aliphatic carbocycles. The first-order valence-corrected chi connectivity index (χ1v) is 8.44. The number of amides is 1. The number of carbonyl (C=O) groups excluding carboxylic acids is 1. The van der Waals surface area contributed by atoms with E-state index in [1.807, 2.05) is 30.0 Å². The second-order valence-corrected chi connectivity index (χ2v) is 6.85. The van der Waals surface area contributed by atoms with Crippen molar-refractivity contribution in [3.8, 4) is 0 Å². The van der Waals surface area contributed by atoms with Gasteiger partial charge in [-0.25, -0.2) is 0 Å². The summed E-state index contributed by atoms with van der Waals surface area (Å²) in [7, 11) is 0. The van der Waals surface area contributed by atoms with Crippen LogP contribution in [-0.2, 0) is 0 Å². The van der Waals surface area contributed by atoms with Crippen LogP contribution in [0.25, 0.3) is 0 Å². The molecule has 2 aliphatic heterocycles. The molecule has 0 radical (unpaired) electrons. The first-order chi connectivity index (χ1) is 10.1. The molecule has 3 rings (SSSR count). The average Bonchev–Trinajstić information content (AvgIpc) is 3.03. The third kappa shape index (κ3) is 3.82. The first kappa shape index (κ1) is 17.7. The zero-order valence-electron chi connectivity index (χ0n) is 12.8. The van der Waals surface area contributed by atoms with Gasteiger partial charge in [-0.3, -0.25) is 9.69 Å². The van der Waals surface area contributed by atoms with E-state index in [0.717, 1.165) is 54.9 Å². The predicted molar refractivity (Wildman–Crippen MR) is 94.9 cm³/mol. The van der Waals surface area contributed by atoms with Crippen molar-refractivity contribution < 1.29 is 4.79 Å². The molecule has 1 unspecified atom stereocenters. The van der Waals surface area contributed by atoms with Gasteiger partial charge in [0.1, 0.15) is 0 Å². The highest BCUT2D eigenvalue weighted by Gasteiger charge is 2.28. The molecule has 2 aliphatic rings. The standard InChI is InChI=1S/C16H22BrN3O.ClH/c1-12-2-3-13(17)10-15(12)16(21)20-8-6-19(7-9-20)14-4-5-18-11-14;/h2-3,10,14,18H,4-9,11H2,1H3;1H. The minimum absolute atomic E-state index is 0. The second-order valence-electron chi connectivity index (χ2n) is 5.93. The van der Waals surface area contributed by atoms with E-state index >= 15 is 0 Å². The molecule has 1 aromatic rings. The molecule has 0 bridgehead atoms. The lowest BCUT2D eigenvalue weighted by Gasteiger charge is -2.38. The molecular weight excluding hydrogens is 366 g/mol. The molecule has 1 aromatic carbocycles. The summed E-state index contributed by atoms with van der Waals surface area (Å²) in [6.07, 6.45) is 1.23. The molecule has 1 N–H and O–H groups in total. The van der Waals surface area contributed by atoms with Crippen LogP contribution >= 0.6 is 28.3 Å². The number of carbonyl (C=O) groups is 1. The Morgan fingerprint density at radius 3 is 2.64 bits per heavy atom. The van der Waals surface area contributed by atoms with Crippen LogP contribution in [-0.4, -0.2) is 61.0 Å². The van der Waals surface area contributed by atoms with Crippen LogP contribution in [0.4, 0.5) is 0 Å². The van der Waals surface area contributed by atoms with Gasteiger partial charge in [0.25, 0.3) is 5.91 Å². The van der Waals surface area contributed by atoms with Gasteiger partial charge < -0.3 is 10.2 Å². The number of aryl methyl sites for hydroxylation is 1. The highest BCUT2D eigenvalue weighted by molar-refractivity contribution is 9.10. The van der Waals surface area contributed by atoms with Crippen molar-refractivity contribution in [2.24, 2.45) is 0 Å². The number of hydrogen-bond donors (Lipinski definition) is 1. The number of nitrogens with zero attached hydrogens (tertiary/aromatic N) is 2. The van der Waals surface area contributed by atoms with Crippen molar-refractivity contribution in [3.05, 3.63) is 33.8 Å². The maximum absolute atomic E-state index is 12.7. The van der Waals surface area contributed by atoms with Crippen LogP contribution < -0.4 is 5.32 Å². The molecule has 2 saturated heterocycles. The van der Waals surface area contributed by atoms with Gasteiger partial charge in [-0.05, 0) is 37.6 Å². The molecule has 122 valence electrons. The van der Waals surface area contributed by atoms with E-state index in [1.54, 1.807) is 0 Å². The Morgan fingerprint density at radius 2 is 2.00 bits per heavy atom. The lowest BCUT2D eigenvalue weighted by Crippen LogP contribution is -2.52. The van der Waals surface area contributed by atoms with Gasteiger partial charge in [-0.1, -0.05) is 22.0 Å². The van der Waals surface area contributed by atoms with E-state index < -0.39 is 0 Å². The Labute approximate surface area is 146 Å². The quantitative estimate of drug-likeness (QED) is 0.844. The Kier molecular flexibility index (Phi) is 6.26. The van der Waals surface area contributed by atoms with Crippen molar-refractivity contribution in [3.63, 3.8) is 0 Å². The van der Waals surface area contributed by atoms with E-state index in [9.17, 15) is 4.79 Å². The average molecular weight is 389 g/mol. The Morgan fingerprint density at radius 1 is 1.27 bits per heavy atom. The SMILES string of the molecule is Cc1ccc(Br)cc1C(=O)N1CCN(C2CCNC2)CC1.Cl. The predicted octanol–water partition coefficient (Wildman–Crippen LogP) is 2.30. The van der Waals surface area contributed by atoms with Crippen LogP contribution in [0.3, 0.4) is 0 Å². The summed E-state index contributed by atoms with van der Waals surface area (Å²) in [5.74, 6) is 0.165. The van der Waals surface area contributed by atoms with Gasteiger partial charge >= 0.3 is 0 Å². The molecule has 0 saturated carbocycles. The summed E-state index contributed by atoms with van der Waals surface area (Å²) in [5.41, 5.74) is 1.87. The van der Waals surface area contributed by atoms with Crippen molar-refractivity contribution in [1.82, 2.24) is 15.1 Å². The molecule has 0 spiro atoms. The monoisotopic (exact) mass is 387 g/mol. The third-order valence-electron chi connectivity index (χ3n) is 4.58. The molecule has 1 amide bonds. The topological polar surface area (TPSA) is 35.6 Å². The van der Waals surface area contributed by atoms with Gasteiger partial charge in [0.2, 0.25) is 0 Å². The third-order valence-corrected chi connectivity index (χ3v) is 5.08. The lowest BCUT2D eigenvalue weighted by molar-refractivity contribution is 0.0583. The number of piperazine rings is 1. The molecule has 4 nitrogen and oxygen atoms in total. The maximum Gasteiger partial charge on any atom is 0.254 e. The number of benzene rings is 1. The Balaban J connectivity index is 0.00000176. The van der Waals surface area contributed by atoms with Crippen LogP contribution in [0.15, 0.2) is 22.7 Å². The van der Waals surface area contributed by atoms with Crippen LogP contribution in [0, 0.1) is 6.92 Å². The van der Waals surface area contributed by atoms with Gasteiger partial charge in [0, 0.05) is 48.8 Å². The van der Waals surface area contributed by atoms with Crippen molar-refractivity contribution >= 4 is 34.2 Å². The summed E-state index contributed by atoms with van der Waals surface area (Å²) in [4.78, 5) is 17.2. The highest BCUT2D eigenvalue weighted by Crippen LogP contribution is 2.19. The van der Waals surface area contributed by atoms with E-state index in [1.165, 1.54) is 6.42 Å². The first-order valence-electron chi connectivity index (χ1n) is 7.65. The maximum atomic E-state index is 12.7. The van der Waals surface area contributed by atoms with E-state index in [4.69, 9.17) is 0 Å². The smallest absolute Gasteiger partial charge is 0.254 e. The van der Waals surface area contributed by atoms with Gasteiger partial charge in [0.05, 0.1) is 0 Å². The molecule has 22 heavy (non-hydrogen) atoms. The zero-order valence-corrected chi connectivity index (χ0v) is 15.3. The molecular formula is C16H23BrClN3O. The van der Waals surface area contributed by atoms with Crippen LogP contribution in [0.1, 0.15) is 22.3 Å². The fraction of sp³-hybridized carbons (Fsp3) is 0.562. The van der Waals surface area contributed by atoms with E-state index in [0.29, 0.717) is 6.04 Å². The Bertz CT molecular complexity index is 526. The van der Waals surface area contributed by atoms with Gasteiger partial charge in [-0.15, -0.1) is 12.4 Å². The molecule has 0 aromatic heterocycles. The van der Waals surface area contributed by atoms with Crippen molar-refractivity contribution in [2.75, 3.05) is 39.3 Å². The van der Waals surface area contributed by atoms with Crippen molar-refractivity contribution in [1.29, 1.82) is 0 Å². The fourth-order valence-electron chi connectivity index (χ4n) is 3.24. The minimum atomic E-state index is 0. The molecule has 2 heterocycles. The summed E-state index contributed by atoms with van der Waals surface area (Å²) in [6, 6.07) is 6.58. The largest absolute Gasteiger partial charge is 0.336 e.